The van der Waals surface area contributed by atoms with Crippen LogP contribution in [-0.2, 0) is 11.6 Å². The van der Waals surface area contributed by atoms with Crippen LogP contribution in [-0.4, -0.2) is 30.4 Å². The first kappa shape index (κ1) is 23.6. The van der Waals surface area contributed by atoms with Crippen LogP contribution in [0.15, 0.2) is 91.1 Å². The van der Waals surface area contributed by atoms with Gasteiger partial charge in [-0.1, -0.05) is 66.7 Å². The molecule has 0 radical (unpaired) electrons. The van der Waals surface area contributed by atoms with Crippen LogP contribution in [0.1, 0.15) is 39.9 Å². The van der Waals surface area contributed by atoms with Gasteiger partial charge >= 0.3 is 6.18 Å². The highest BCUT2D eigenvalue weighted by Gasteiger charge is 2.36. The molecule has 34 heavy (non-hydrogen) atoms. The lowest BCUT2D eigenvalue weighted by atomic mass is 9.72. The Labute approximate surface area is 197 Å². The number of hydrogen-bond donors (Lipinski definition) is 1. The van der Waals surface area contributed by atoms with E-state index in [9.17, 15) is 18.0 Å². The maximum atomic E-state index is 13.3. The van der Waals surface area contributed by atoms with Crippen molar-refractivity contribution >= 4 is 12.0 Å². The lowest BCUT2D eigenvalue weighted by Crippen LogP contribution is -2.47. The summed E-state index contributed by atoms with van der Waals surface area (Å²) < 4.78 is 39.9. The molecule has 6 heteroatoms. The monoisotopic (exact) mass is 464 g/mol. The van der Waals surface area contributed by atoms with Crippen molar-refractivity contribution in [3.05, 3.63) is 113 Å². The Morgan fingerprint density at radius 1 is 0.882 bits per heavy atom. The third-order valence-electron chi connectivity index (χ3n) is 6.50. The predicted molar refractivity (Wildman–Crippen MR) is 128 cm³/mol. The minimum Gasteiger partial charge on any atom is -0.377 e. The van der Waals surface area contributed by atoms with E-state index in [1.165, 1.54) is 18.2 Å². The van der Waals surface area contributed by atoms with Crippen LogP contribution in [0.25, 0.3) is 6.08 Å². The molecule has 1 aliphatic heterocycles. The summed E-state index contributed by atoms with van der Waals surface area (Å²) in [5, 5.41) is 3.10. The topological polar surface area (TPSA) is 32.3 Å². The summed E-state index contributed by atoms with van der Waals surface area (Å²) in [6, 6.07) is 24.9. The van der Waals surface area contributed by atoms with Gasteiger partial charge in [0.2, 0.25) is 0 Å². The molecule has 1 heterocycles. The fourth-order valence-corrected chi connectivity index (χ4v) is 4.49. The molecule has 0 unspecified atom stereocenters. The van der Waals surface area contributed by atoms with Crippen LogP contribution in [0.3, 0.4) is 0 Å². The zero-order valence-electron chi connectivity index (χ0n) is 18.8. The molecule has 1 saturated heterocycles. The summed E-state index contributed by atoms with van der Waals surface area (Å²) in [7, 11) is 0. The van der Waals surface area contributed by atoms with E-state index in [1.807, 2.05) is 41.3 Å². The van der Waals surface area contributed by atoms with E-state index in [1.54, 1.807) is 24.4 Å². The fourth-order valence-electron chi connectivity index (χ4n) is 4.49. The van der Waals surface area contributed by atoms with Crippen LogP contribution in [0.4, 0.5) is 13.2 Å². The fraction of sp³-hybridized carbons (Fsp3) is 0.250. The maximum absolute atomic E-state index is 13.3. The minimum atomic E-state index is -4.39. The van der Waals surface area contributed by atoms with E-state index < -0.39 is 11.7 Å². The lowest BCUT2D eigenvalue weighted by molar-refractivity contribution is -0.137. The van der Waals surface area contributed by atoms with Crippen molar-refractivity contribution in [3.8, 4) is 0 Å². The van der Waals surface area contributed by atoms with Crippen molar-refractivity contribution in [2.75, 3.05) is 19.6 Å². The number of halogens is 3. The summed E-state index contributed by atoms with van der Waals surface area (Å²) >= 11 is 0. The van der Waals surface area contributed by atoms with Crippen LogP contribution in [0.2, 0.25) is 0 Å². The smallest absolute Gasteiger partial charge is 0.377 e. The number of alkyl halides is 3. The number of carbonyl (C=O) groups is 1. The number of hydrogen-bond acceptors (Lipinski definition) is 2. The molecule has 4 rings (SSSR count). The second kappa shape index (κ2) is 10.2. The lowest BCUT2D eigenvalue weighted by Gasteiger charge is -2.42. The van der Waals surface area contributed by atoms with Crippen LogP contribution < -0.4 is 5.32 Å². The van der Waals surface area contributed by atoms with Gasteiger partial charge in [0.1, 0.15) is 0 Å². The third kappa shape index (κ3) is 5.50. The molecular formula is C28H27F3N2O. The quantitative estimate of drug-likeness (QED) is 0.475. The Kier molecular flexibility index (Phi) is 7.06. The molecule has 1 N–H and O–H groups in total. The van der Waals surface area contributed by atoms with E-state index in [2.05, 4.69) is 17.4 Å². The SMILES string of the molecule is O=C(NCC1(c2ccccc2)CCN(C=Cc2ccccc2C(F)(F)F)CC1)c1ccccc1. The average molecular weight is 465 g/mol. The van der Waals surface area contributed by atoms with Crippen LogP contribution in [0, 0.1) is 0 Å². The van der Waals surface area contributed by atoms with Gasteiger partial charge in [0.15, 0.2) is 0 Å². The Bertz CT molecular complexity index is 1120. The van der Waals surface area contributed by atoms with Crippen molar-refractivity contribution in [1.29, 1.82) is 0 Å². The number of nitrogens with one attached hydrogen (secondary N) is 1. The number of carbonyl (C=O) groups excluding carboxylic acids is 1. The van der Waals surface area contributed by atoms with Gasteiger partial charge in [-0.2, -0.15) is 13.2 Å². The number of likely N-dealkylation sites (tertiary alicyclic amines) is 1. The van der Waals surface area contributed by atoms with Crippen molar-refractivity contribution < 1.29 is 18.0 Å². The van der Waals surface area contributed by atoms with Gasteiger partial charge in [-0.05, 0) is 54.4 Å². The highest BCUT2D eigenvalue weighted by atomic mass is 19.4. The molecule has 1 aliphatic rings. The van der Waals surface area contributed by atoms with Gasteiger partial charge in [0.05, 0.1) is 5.56 Å². The highest BCUT2D eigenvalue weighted by Crippen LogP contribution is 2.36. The van der Waals surface area contributed by atoms with E-state index in [4.69, 9.17) is 0 Å². The predicted octanol–water partition coefficient (Wildman–Crippen LogP) is 6.14. The van der Waals surface area contributed by atoms with E-state index in [-0.39, 0.29) is 16.9 Å². The second-order valence-corrected chi connectivity index (χ2v) is 8.63. The maximum Gasteiger partial charge on any atom is 0.416 e. The molecule has 0 aromatic heterocycles. The molecule has 176 valence electrons. The van der Waals surface area contributed by atoms with Gasteiger partial charge in [-0.25, -0.2) is 0 Å². The summed E-state index contributed by atoms with van der Waals surface area (Å²) in [6.07, 6.45) is 0.453. The van der Waals surface area contributed by atoms with Gasteiger partial charge in [0.25, 0.3) is 5.91 Å². The molecule has 0 saturated carbocycles. The Morgan fingerprint density at radius 2 is 1.47 bits per heavy atom. The molecule has 0 bridgehead atoms. The summed E-state index contributed by atoms with van der Waals surface area (Å²) in [5.41, 5.74) is 1.07. The van der Waals surface area contributed by atoms with Crippen molar-refractivity contribution in [3.63, 3.8) is 0 Å². The van der Waals surface area contributed by atoms with E-state index in [0.29, 0.717) is 25.2 Å². The summed E-state index contributed by atoms with van der Waals surface area (Å²) in [4.78, 5) is 14.7. The first-order valence-corrected chi connectivity index (χ1v) is 11.3. The first-order valence-electron chi connectivity index (χ1n) is 11.3. The zero-order chi connectivity index (χ0) is 24.0. The molecule has 3 nitrogen and oxygen atoms in total. The number of amides is 1. The standard InChI is InChI=1S/C28H27F3N2O/c29-28(30,31)25-14-8-7-9-22(25)15-18-33-19-16-27(17-20-33,24-12-5-2-6-13-24)21-32-26(34)23-10-3-1-4-11-23/h1-15,18H,16-17,19-21H2,(H,32,34). The van der Waals surface area contributed by atoms with Gasteiger partial charge < -0.3 is 10.2 Å². The number of nitrogens with zero attached hydrogens (tertiary/aromatic N) is 1. The van der Waals surface area contributed by atoms with Crippen LogP contribution in [0.5, 0.6) is 0 Å². The van der Waals surface area contributed by atoms with Crippen molar-refractivity contribution in [2.45, 2.75) is 24.4 Å². The van der Waals surface area contributed by atoms with Gasteiger partial charge in [-0.15, -0.1) is 0 Å². The number of rotatable bonds is 6. The average Bonchev–Trinajstić information content (AvgIpc) is 2.87. The third-order valence-corrected chi connectivity index (χ3v) is 6.50. The molecule has 0 spiro atoms. The summed E-state index contributed by atoms with van der Waals surface area (Å²) in [5.74, 6) is -0.109. The molecule has 3 aromatic carbocycles. The van der Waals surface area contributed by atoms with Crippen molar-refractivity contribution in [1.82, 2.24) is 10.2 Å². The van der Waals surface area contributed by atoms with E-state index in [0.717, 1.165) is 24.5 Å². The summed E-state index contributed by atoms with van der Waals surface area (Å²) in [6.45, 7) is 1.86. The van der Waals surface area contributed by atoms with Crippen LogP contribution >= 0.6 is 0 Å². The Hall–Kier alpha value is -3.54. The molecule has 1 amide bonds. The van der Waals surface area contributed by atoms with Crippen molar-refractivity contribution in [2.24, 2.45) is 0 Å². The van der Waals surface area contributed by atoms with Gasteiger partial charge in [-0.3, -0.25) is 4.79 Å². The number of benzene rings is 3. The second-order valence-electron chi connectivity index (χ2n) is 8.63. The Balaban J connectivity index is 1.47. The van der Waals surface area contributed by atoms with Gasteiger partial charge in [0, 0.05) is 30.6 Å². The molecule has 0 aliphatic carbocycles. The molecular weight excluding hydrogens is 437 g/mol. The first-order chi connectivity index (χ1) is 16.4. The highest BCUT2D eigenvalue weighted by molar-refractivity contribution is 5.94. The number of piperidine rings is 1. The minimum absolute atomic E-state index is 0.109. The molecule has 1 fully saturated rings. The molecule has 3 aromatic rings. The largest absolute Gasteiger partial charge is 0.416 e. The van der Waals surface area contributed by atoms with E-state index >= 15 is 0 Å². The normalized spacial score (nSPS) is 15.9. The Morgan fingerprint density at radius 3 is 2.12 bits per heavy atom. The molecule has 0 atom stereocenters. The zero-order valence-corrected chi connectivity index (χ0v) is 18.8.